The number of carbonyl (C=O) groups excluding carboxylic acids is 1. The van der Waals surface area contributed by atoms with Crippen LogP contribution >= 0.6 is 0 Å². The number of hydrogen-bond donors (Lipinski definition) is 3. The summed E-state index contributed by atoms with van der Waals surface area (Å²) in [5.74, 6) is -1.26. The zero-order chi connectivity index (χ0) is 27.0. The molecule has 0 spiro atoms. The number of nitrogens with one attached hydrogen (secondary N) is 3. The predicted molar refractivity (Wildman–Crippen MR) is 139 cm³/mol. The van der Waals surface area contributed by atoms with Crippen LogP contribution in [0.3, 0.4) is 0 Å². The number of sulfonamides is 1. The second kappa shape index (κ2) is 9.52. The van der Waals surface area contributed by atoms with Gasteiger partial charge in [-0.1, -0.05) is 6.07 Å². The summed E-state index contributed by atoms with van der Waals surface area (Å²) in [5.41, 5.74) is 2.79. The van der Waals surface area contributed by atoms with Gasteiger partial charge in [-0.2, -0.15) is 13.5 Å². The Morgan fingerprint density at radius 3 is 2.47 bits per heavy atom. The van der Waals surface area contributed by atoms with Gasteiger partial charge in [-0.3, -0.25) is 23.6 Å². The Bertz CT molecular complexity index is 1830. The Hall–Kier alpha value is -4.91. The van der Waals surface area contributed by atoms with E-state index in [0.717, 1.165) is 11.8 Å². The summed E-state index contributed by atoms with van der Waals surface area (Å²) in [6, 6.07) is 9.00. The summed E-state index contributed by atoms with van der Waals surface area (Å²) in [5, 5.41) is 14.0. The minimum Gasteiger partial charge on any atom is -0.355 e. The minimum absolute atomic E-state index is 0.100. The van der Waals surface area contributed by atoms with Gasteiger partial charge in [-0.15, -0.1) is 0 Å². The molecule has 0 radical (unpaired) electrons. The van der Waals surface area contributed by atoms with Gasteiger partial charge in [0.05, 0.1) is 23.6 Å². The molecule has 13 heteroatoms. The molecule has 0 saturated carbocycles. The lowest BCUT2D eigenvalue weighted by atomic mass is 10.0. The van der Waals surface area contributed by atoms with E-state index in [-0.39, 0.29) is 22.0 Å². The monoisotopic (exact) mass is 532 g/mol. The third-order valence-electron chi connectivity index (χ3n) is 5.86. The number of hydrogen-bond acceptors (Lipinski definition) is 7. The fraction of sp³-hybridized carbons (Fsp3) is 0.0800. The molecule has 5 aromatic rings. The summed E-state index contributed by atoms with van der Waals surface area (Å²) in [6.07, 6.45) is 8.59. The Morgan fingerprint density at radius 1 is 1.00 bits per heavy atom. The van der Waals surface area contributed by atoms with E-state index in [1.807, 2.05) is 0 Å². The highest BCUT2D eigenvalue weighted by Gasteiger charge is 2.22. The number of imidazole rings is 1. The van der Waals surface area contributed by atoms with Crippen molar-refractivity contribution in [3.63, 3.8) is 0 Å². The molecular weight excluding hydrogens is 511 g/mol. The molecule has 38 heavy (non-hydrogen) atoms. The largest absolute Gasteiger partial charge is 0.355 e. The van der Waals surface area contributed by atoms with Gasteiger partial charge in [-0.25, -0.2) is 9.37 Å². The molecule has 4 heterocycles. The van der Waals surface area contributed by atoms with Crippen molar-refractivity contribution in [3.8, 4) is 22.3 Å². The van der Waals surface area contributed by atoms with Crippen LogP contribution in [-0.2, 0) is 17.1 Å². The number of fused-ring (bicyclic) bond motifs is 1. The first-order valence-electron chi connectivity index (χ1n) is 11.2. The zero-order valence-corrected chi connectivity index (χ0v) is 21.0. The number of aromatic nitrogens is 5. The Labute approximate surface area is 216 Å². The normalized spacial score (nSPS) is 11.4. The van der Waals surface area contributed by atoms with Crippen LogP contribution in [0.2, 0.25) is 0 Å². The third-order valence-corrected chi connectivity index (χ3v) is 7.20. The minimum atomic E-state index is -4.19. The van der Waals surface area contributed by atoms with Gasteiger partial charge >= 0.3 is 0 Å². The van der Waals surface area contributed by atoms with Crippen molar-refractivity contribution in [1.29, 1.82) is 5.41 Å². The molecule has 4 aromatic heterocycles. The number of halogens is 1. The van der Waals surface area contributed by atoms with Gasteiger partial charge in [0.1, 0.15) is 17.2 Å². The molecule has 5 rings (SSSR count). The first-order valence-corrected chi connectivity index (χ1v) is 12.7. The van der Waals surface area contributed by atoms with Crippen molar-refractivity contribution >= 4 is 33.5 Å². The highest BCUT2D eigenvalue weighted by atomic mass is 32.2. The first-order chi connectivity index (χ1) is 18.2. The molecule has 0 aliphatic rings. The number of anilines is 1. The molecule has 1 aromatic carbocycles. The highest BCUT2D eigenvalue weighted by Crippen LogP contribution is 2.27. The lowest BCUT2D eigenvalue weighted by molar-refractivity contribution is 0.0959. The van der Waals surface area contributed by atoms with Crippen LogP contribution in [0.5, 0.6) is 0 Å². The van der Waals surface area contributed by atoms with Crippen LogP contribution in [-0.4, -0.2) is 51.7 Å². The van der Waals surface area contributed by atoms with Crippen LogP contribution in [0.4, 0.5) is 10.1 Å². The Morgan fingerprint density at radius 2 is 1.79 bits per heavy atom. The molecule has 0 bridgehead atoms. The number of rotatable bonds is 7. The van der Waals surface area contributed by atoms with Gasteiger partial charge in [0.25, 0.3) is 15.9 Å². The molecule has 0 saturated heterocycles. The van der Waals surface area contributed by atoms with Crippen molar-refractivity contribution in [2.45, 2.75) is 5.03 Å². The second-order valence-electron chi connectivity index (χ2n) is 8.33. The van der Waals surface area contributed by atoms with Gasteiger partial charge in [-0.05, 0) is 41.5 Å². The Balaban J connectivity index is 1.53. The molecule has 11 nitrogen and oxygen atoms in total. The molecular formula is C25H21FN8O3S. The second-order valence-corrected chi connectivity index (χ2v) is 9.95. The number of aryl methyl sites for hydroxylation is 1. The maximum atomic E-state index is 14.6. The number of carbonyl (C=O) groups is 1. The maximum Gasteiger partial charge on any atom is 0.279 e. The van der Waals surface area contributed by atoms with E-state index in [4.69, 9.17) is 5.41 Å². The number of nitrogens with zero attached hydrogens (tertiary/aromatic N) is 5. The molecule has 0 fully saturated rings. The maximum absolute atomic E-state index is 14.6. The molecule has 1 amide bonds. The SMILES string of the molecule is CNC(=O)c1ccc(-c2ccc3ncc(S(=O)(=O)Nc4cc(-c5cnn(C)c5)cnc4C=N)n3c2)cc1F. The van der Waals surface area contributed by atoms with E-state index in [2.05, 4.69) is 25.1 Å². The zero-order valence-electron chi connectivity index (χ0n) is 20.2. The van der Waals surface area contributed by atoms with Gasteiger partial charge in [0.15, 0.2) is 5.03 Å². The summed E-state index contributed by atoms with van der Waals surface area (Å²) < 4.78 is 46.9. The van der Waals surface area contributed by atoms with Crippen molar-refractivity contribution in [3.05, 3.63) is 84.5 Å². The van der Waals surface area contributed by atoms with Crippen molar-refractivity contribution in [2.75, 3.05) is 11.8 Å². The lowest BCUT2D eigenvalue weighted by Crippen LogP contribution is -2.19. The number of benzene rings is 1. The summed E-state index contributed by atoms with van der Waals surface area (Å²) in [4.78, 5) is 20.2. The first kappa shape index (κ1) is 24.8. The fourth-order valence-corrected chi connectivity index (χ4v) is 5.09. The van der Waals surface area contributed by atoms with E-state index >= 15 is 0 Å². The van der Waals surface area contributed by atoms with E-state index in [1.165, 1.54) is 42.2 Å². The van der Waals surface area contributed by atoms with Crippen LogP contribution in [0.25, 0.3) is 27.9 Å². The number of amides is 1. The van der Waals surface area contributed by atoms with Crippen LogP contribution in [0, 0.1) is 11.2 Å². The van der Waals surface area contributed by atoms with Crippen LogP contribution in [0.1, 0.15) is 16.1 Å². The topological polar surface area (TPSA) is 147 Å². The van der Waals surface area contributed by atoms with Gasteiger partial charge in [0.2, 0.25) is 0 Å². The van der Waals surface area contributed by atoms with Gasteiger partial charge in [0, 0.05) is 50.0 Å². The average molecular weight is 533 g/mol. The van der Waals surface area contributed by atoms with Crippen molar-refractivity contribution in [2.24, 2.45) is 7.05 Å². The predicted octanol–water partition coefficient (Wildman–Crippen LogP) is 3.09. The fourth-order valence-electron chi connectivity index (χ4n) is 3.94. The molecule has 0 unspecified atom stereocenters. The molecule has 3 N–H and O–H groups in total. The number of pyridine rings is 2. The summed E-state index contributed by atoms with van der Waals surface area (Å²) in [7, 11) is -1.02. The van der Waals surface area contributed by atoms with Crippen molar-refractivity contribution in [1.82, 2.24) is 29.5 Å². The smallest absolute Gasteiger partial charge is 0.279 e. The molecule has 192 valence electrons. The molecule has 0 aliphatic carbocycles. The van der Waals surface area contributed by atoms with Gasteiger partial charge < -0.3 is 10.7 Å². The Kier molecular flexibility index (Phi) is 6.20. The summed E-state index contributed by atoms with van der Waals surface area (Å²) in [6.45, 7) is 0. The van der Waals surface area contributed by atoms with E-state index in [0.29, 0.717) is 22.3 Å². The molecule has 0 atom stereocenters. The standard InChI is InChI=1S/C25H21FN8O3S/c1-28-25(35)19-5-3-15(7-20(19)26)16-4-6-23-30-12-24(34(23)14-16)38(36,37)32-21-8-17(10-29-22(21)9-27)18-11-31-33(2)13-18/h3-14,27,32H,1-2H3,(H,28,35). The van der Waals surface area contributed by atoms with E-state index in [9.17, 15) is 17.6 Å². The van der Waals surface area contributed by atoms with E-state index < -0.39 is 21.7 Å². The quantitative estimate of drug-likeness (QED) is 0.275. The van der Waals surface area contributed by atoms with Crippen molar-refractivity contribution < 1.29 is 17.6 Å². The van der Waals surface area contributed by atoms with E-state index in [1.54, 1.807) is 48.4 Å². The van der Waals surface area contributed by atoms with Crippen LogP contribution < -0.4 is 10.0 Å². The highest BCUT2D eigenvalue weighted by molar-refractivity contribution is 7.92. The lowest BCUT2D eigenvalue weighted by Gasteiger charge is -2.12. The third kappa shape index (κ3) is 4.50. The molecule has 0 aliphatic heterocycles. The summed E-state index contributed by atoms with van der Waals surface area (Å²) >= 11 is 0. The van der Waals surface area contributed by atoms with Crippen LogP contribution in [0.15, 0.2) is 72.4 Å². The average Bonchev–Trinajstić information content (AvgIpc) is 3.54.